The second-order valence-corrected chi connectivity index (χ2v) is 5.22. The van der Waals surface area contributed by atoms with Gasteiger partial charge in [-0.05, 0) is 26.0 Å². The lowest BCUT2D eigenvalue weighted by molar-refractivity contribution is 0.0694. The highest BCUT2D eigenvalue weighted by Gasteiger charge is 2.20. The predicted molar refractivity (Wildman–Crippen MR) is 85.2 cm³/mol. The molecule has 0 aliphatic heterocycles. The number of carbonyl (C=O) groups excluding carboxylic acids is 1. The van der Waals surface area contributed by atoms with E-state index in [0.717, 1.165) is 0 Å². The zero-order chi connectivity index (χ0) is 17.0. The number of nitrogens with one attached hydrogen (secondary N) is 1. The van der Waals surface area contributed by atoms with Crippen LogP contribution in [-0.4, -0.2) is 23.1 Å². The van der Waals surface area contributed by atoms with Gasteiger partial charge in [-0.2, -0.15) is 0 Å². The van der Waals surface area contributed by atoms with Crippen LogP contribution < -0.4 is 10.1 Å². The van der Waals surface area contributed by atoms with E-state index in [1.54, 1.807) is 31.2 Å². The maximum Gasteiger partial charge on any atom is 0.339 e. The second kappa shape index (κ2) is 7.00. The molecule has 0 unspecified atom stereocenters. The van der Waals surface area contributed by atoms with Crippen LogP contribution in [0.1, 0.15) is 47.4 Å². The van der Waals surface area contributed by atoms with Gasteiger partial charge in [0.05, 0.1) is 11.8 Å². The van der Waals surface area contributed by atoms with E-state index in [0.29, 0.717) is 17.9 Å². The van der Waals surface area contributed by atoms with Crippen LogP contribution in [0.4, 0.5) is 5.69 Å². The van der Waals surface area contributed by atoms with Gasteiger partial charge < -0.3 is 19.6 Å². The van der Waals surface area contributed by atoms with Gasteiger partial charge in [0.1, 0.15) is 17.1 Å². The topological polar surface area (TPSA) is 88.8 Å². The summed E-state index contributed by atoms with van der Waals surface area (Å²) in [4.78, 5) is 23.4. The van der Waals surface area contributed by atoms with Crippen LogP contribution in [0.15, 0.2) is 34.7 Å². The average Bonchev–Trinajstić information content (AvgIpc) is 2.93. The minimum Gasteiger partial charge on any atom is -0.489 e. The molecule has 1 aromatic heterocycles. The molecule has 0 aliphatic rings. The Balaban J connectivity index is 2.24. The molecule has 0 aliphatic carbocycles. The Labute approximate surface area is 134 Å². The normalized spacial score (nSPS) is 10.6. The number of carboxylic acids is 1. The molecule has 2 aromatic rings. The fraction of sp³-hybridized carbons (Fsp3) is 0.294. The number of hydrogen-bond acceptors (Lipinski definition) is 4. The van der Waals surface area contributed by atoms with Crippen molar-refractivity contribution in [1.82, 2.24) is 0 Å². The van der Waals surface area contributed by atoms with Gasteiger partial charge in [-0.25, -0.2) is 4.79 Å². The summed E-state index contributed by atoms with van der Waals surface area (Å²) in [6.07, 6.45) is 0.351. The number of hydrogen-bond donors (Lipinski definition) is 2. The molecule has 1 heterocycles. The number of aromatic carboxylic acids is 1. The van der Waals surface area contributed by atoms with E-state index in [2.05, 4.69) is 5.32 Å². The summed E-state index contributed by atoms with van der Waals surface area (Å²) < 4.78 is 11.0. The molecular formula is C17H19NO5. The first kappa shape index (κ1) is 16.6. The van der Waals surface area contributed by atoms with Crippen LogP contribution in [0.2, 0.25) is 0 Å². The number of carboxylic acid groups (broad SMARTS) is 1. The Morgan fingerprint density at radius 3 is 2.57 bits per heavy atom. The van der Waals surface area contributed by atoms with E-state index < -0.39 is 11.9 Å². The van der Waals surface area contributed by atoms with Crippen molar-refractivity contribution in [1.29, 1.82) is 0 Å². The van der Waals surface area contributed by atoms with Crippen molar-refractivity contribution in [2.75, 3.05) is 5.32 Å². The van der Waals surface area contributed by atoms with Crippen molar-refractivity contribution < 1.29 is 23.8 Å². The summed E-state index contributed by atoms with van der Waals surface area (Å²) in [6.45, 7) is 5.54. The smallest absolute Gasteiger partial charge is 0.339 e. The van der Waals surface area contributed by atoms with Gasteiger partial charge in [-0.15, -0.1) is 0 Å². The SMILES string of the molecule is CCc1oc(C(=O)Nc2ccccc2OC(C)C)cc1C(=O)O. The van der Waals surface area contributed by atoms with Gasteiger partial charge in [0, 0.05) is 12.5 Å². The van der Waals surface area contributed by atoms with Crippen molar-refractivity contribution in [3.63, 3.8) is 0 Å². The molecule has 0 radical (unpaired) electrons. The van der Waals surface area contributed by atoms with E-state index in [4.69, 9.17) is 14.3 Å². The average molecular weight is 317 g/mol. The summed E-state index contributed by atoms with van der Waals surface area (Å²) in [7, 11) is 0. The number of furan rings is 1. The molecule has 122 valence electrons. The molecule has 0 fully saturated rings. The minimum absolute atomic E-state index is 0.00404. The Hall–Kier alpha value is -2.76. The monoisotopic (exact) mass is 317 g/mol. The van der Waals surface area contributed by atoms with Crippen molar-refractivity contribution >= 4 is 17.6 Å². The molecular weight excluding hydrogens is 298 g/mol. The number of para-hydroxylation sites is 2. The molecule has 6 nitrogen and oxygen atoms in total. The van der Waals surface area contributed by atoms with E-state index >= 15 is 0 Å². The van der Waals surface area contributed by atoms with E-state index in [-0.39, 0.29) is 23.2 Å². The quantitative estimate of drug-likeness (QED) is 0.850. The van der Waals surface area contributed by atoms with Gasteiger partial charge >= 0.3 is 5.97 Å². The molecule has 2 N–H and O–H groups in total. The third kappa shape index (κ3) is 3.91. The standard InChI is InChI=1S/C17H19NO5/c1-4-13-11(17(20)21)9-15(23-13)16(19)18-12-7-5-6-8-14(12)22-10(2)3/h5-10H,4H2,1-3H3,(H,18,19)(H,20,21). The van der Waals surface area contributed by atoms with Crippen molar-refractivity contribution in [2.45, 2.75) is 33.3 Å². The molecule has 0 saturated carbocycles. The van der Waals surface area contributed by atoms with Gasteiger partial charge in [-0.1, -0.05) is 19.1 Å². The molecule has 0 atom stereocenters. The maximum atomic E-state index is 12.3. The molecule has 0 saturated heterocycles. The number of anilines is 1. The number of amides is 1. The lowest BCUT2D eigenvalue weighted by atomic mass is 10.2. The molecule has 0 spiro atoms. The lowest BCUT2D eigenvalue weighted by Crippen LogP contribution is -2.14. The number of carbonyl (C=O) groups is 2. The third-order valence-electron chi connectivity index (χ3n) is 3.08. The Kier molecular flexibility index (Phi) is 5.05. The lowest BCUT2D eigenvalue weighted by Gasteiger charge is -2.14. The predicted octanol–water partition coefficient (Wildman–Crippen LogP) is 3.58. The van der Waals surface area contributed by atoms with Crippen LogP contribution in [0.5, 0.6) is 5.75 Å². The number of ether oxygens (including phenoxy) is 1. The fourth-order valence-corrected chi connectivity index (χ4v) is 2.09. The number of benzene rings is 1. The minimum atomic E-state index is -1.12. The highest BCUT2D eigenvalue weighted by Crippen LogP contribution is 2.26. The van der Waals surface area contributed by atoms with E-state index in [1.807, 2.05) is 13.8 Å². The Bertz CT molecular complexity index is 718. The van der Waals surface area contributed by atoms with Crippen LogP contribution in [-0.2, 0) is 6.42 Å². The summed E-state index contributed by atoms with van der Waals surface area (Å²) in [6, 6.07) is 8.26. The van der Waals surface area contributed by atoms with Gasteiger partial charge in [0.2, 0.25) is 0 Å². The van der Waals surface area contributed by atoms with Gasteiger partial charge in [-0.3, -0.25) is 4.79 Å². The first-order chi connectivity index (χ1) is 10.9. The second-order valence-electron chi connectivity index (χ2n) is 5.22. The molecule has 6 heteroatoms. The first-order valence-corrected chi connectivity index (χ1v) is 7.35. The van der Waals surface area contributed by atoms with Gasteiger partial charge in [0.15, 0.2) is 5.76 Å². The molecule has 0 bridgehead atoms. The van der Waals surface area contributed by atoms with Crippen LogP contribution in [0.3, 0.4) is 0 Å². The van der Waals surface area contributed by atoms with Crippen LogP contribution in [0, 0.1) is 0 Å². The highest BCUT2D eigenvalue weighted by atomic mass is 16.5. The van der Waals surface area contributed by atoms with E-state index in [1.165, 1.54) is 6.07 Å². The first-order valence-electron chi connectivity index (χ1n) is 7.35. The zero-order valence-electron chi connectivity index (χ0n) is 13.3. The van der Waals surface area contributed by atoms with E-state index in [9.17, 15) is 9.59 Å². The Morgan fingerprint density at radius 1 is 1.30 bits per heavy atom. The summed E-state index contributed by atoms with van der Waals surface area (Å²) >= 11 is 0. The molecule has 1 aromatic carbocycles. The van der Waals surface area contributed by atoms with Crippen molar-refractivity contribution in [2.24, 2.45) is 0 Å². The summed E-state index contributed by atoms with van der Waals surface area (Å²) in [5.74, 6) is -0.871. The van der Waals surface area contributed by atoms with Crippen LogP contribution in [0.25, 0.3) is 0 Å². The van der Waals surface area contributed by atoms with Crippen molar-refractivity contribution in [3.05, 3.63) is 47.4 Å². The summed E-state index contributed by atoms with van der Waals surface area (Å²) in [5, 5.41) is 11.8. The fourth-order valence-electron chi connectivity index (χ4n) is 2.09. The maximum absolute atomic E-state index is 12.3. The molecule has 23 heavy (non-hydrogen) atoms. The van der Waals surface area contributed by atoms with Gasteiger partial charge in [0.25, 0.3) is 5.91 Å². The number of aryl methyl sites for hydroxylation is 1. The third-order valence-corrected chi connectivity index (χ3v) is 3.08. The molecule has 1 amide bonds. The summed E-state index contributed by atoms with van der Waals surface area (Å²) in [5.41, 5.74) is 0.502. The highest BCUT2D eigenvalue weighted by molar-refractivity contribution is 6.04. The zero-order valence-corrected chi connectivity index (χ0v) is 13.3. The van der Waals surface area contributed by atoms with Crippen molar-refractivity contribution in [3.8, 4) is 5.75 Å². The molecule has 2 rings (SSSR count). The number of rotatable bonds is 6. The largest absolute Gasteiger partial charge is 0.489 e. The Morgan fingerprint density at radius 2 is 2.00 bits per heavy atom. The van der Waals surface area contributed by atoms with Crippen LogP contribution >= 0.6 is 0 Å².